The van der Waals surface area contributed by atoms with Crippen LogP contribution < -0.4 is 0 Å². The molecule has 0 aliphatic carbocycles. The van der Waals surface area contributed by atoms with Crippen LogP contribution in [0.4, 0.5) is 0 Å². The second kappa shape index (κ2) is 7.17. The summed E-state index contributed by atoms with van der Waals surface area (Å²) in [5, 5.41) is 2.97. The number of aliphatic imine (C=N–C) groups is 1. The SMILES string of the molecule is CSS[C@H](CN=C=S)C(C)C. The van der Waals surface area contributed by atoms with Gasteiger partial charge in [-0.1, -0.05) is 35.4 Å². The smallest absolute Gasteiger partial charge is 0.0622 e. The van der Waals surface area contributed by atoms with Crippen molar-refractivity contribution < 1.29 is 0 Å². The lowest BCUT2D eigenvalue weighted by Gasteiger charge is -2.15. The molecule has 0 fully saturated rings. The van der Waals surface area contributed by atoms with E-state index in [0.717, 1.165) is 6.54 Å². The fraction of sp³-hybridized carbons (Fsp3) is 0.857. The second-order valence-electron chi connectivity index (χ2n) is 2.48. The first-order valence-corrected chi connectivity index (χ1v) is 6.48. The minimum absolute atomic E-state index is 0.570. The van der Waals surface area contributed by atoms with Crippen molar-refractivity contribution >= 4 is 39.0 Å². The van der Waals surface area contributed by atoms with Gasteiger partial charge in [0.2, 0.25) is 0 Å². The van der Waals surface area contributed by atoms with E-state index in [-0.39, 0.29) is 0 Å². The second-order valence-corrected chi connectivity index (χ2v) is 5.37. The zero-order valence-electron chi connectivity index (χ0n) is 7.03. The summed E-state index contributed by atoms with van der Waals surface area (Å²) in [4.78, 5) is 3.94. The van der Waals surface area contributed by atoms with E-state index in [9.17, 15) is 0 Å². The van der Waals surface area contributed by atoms with E-state index in [4.69, 9.17) is 0 Å². The van der Waals surface area contributed by atoms with Gasteiger partial charge in [0, 0.05) is 5.25 Å². The highest BCUT2D eigenvalue weighted by atomic mass is 33.1. The Labute approximate surface area is 81.8 Å². The molecule has 0 amide bonds. The van der Waals surface area contributed by atoms with Gasteiger partial charge in [-0.05, 0) is 24.4 Å². The van der Waals surface area contributed by atoms with E-state index >= 15 is 0 Å². The summed E-state index contributed by atoms with van der Waals surface area (Å²) in [6, 6.07) is 0. The van der Waals surface area contributed by atoms with E-state index in [1.165, 1.54) is 0 Å². The molecule has 1 atom stereocenters. The third-order valence-corrected chi connectivity index (χ3v) is 3.88. The van der Waals surface area contributed by atoms with E-state index in [2.05, 4.69) is 42.5 Å². The Morgan fingerprint density at radius 1 is 1.55 bits per heavy atom. The highest BCUT2D eigenvalue weighted by Crippen LogP contribution is 2.28. The number of hydrogen-bond acceptors (Lipinski definition) is 4. The fourth-order valence-corrected chi connectivity index (χ4v) is 2.87. The molecule has 0 saturated heterocycles. The average molecular weight is 207 g/mol. The van der Waals surface area contributed by atoms with Crippen molar-refractivity contribution in [3.63, 3.8) is 0 Å². The van der Waals surface area contributed by atoms with Crippen molar-refractivity contribution in [1.82, 2.24) is 0 Å². The normalized spacial score (nSPS) is 12.7. The molecule has 0 unspecified atom stereocenters. The Kier molecular flexibility index (Phi) is 7.49. The van der Waals surface area contributed by atoms with Crippen LogP contribution in [0, 0.1) is 5.92 Å². The molecule has 64 valence electrons. The first-order chi connectivity index (χ1) is 5.22. The summed E-state index contributed by atoms with van der Waals surface area (Å²) in [7, 11) is 3.64. The summed E-state index contributed by atoms with van der Waals surface area (Å²) in [6.45, 7) is 5.20. The molecular formula is C7H13NS3. The molecule has 0 heterocycles. The summed E-state index contributed by atoms with van der Waals surface area (Å²) in [5.41, 5.74) is 0. The van der Waals surface area contributed by atoms with E-state index < -0.39 is 0 Å². The Balaban J connectivity index is 3.78. The standard InChI is InChI=1S/C7H13NS3/c1-6(2)7(11-10-3)4-8-5-9/h6-7H,4H2,1-3H3/t7-/m1/s1. The van der Waals surface area contributed by atoms with Crippen LogP contribution in [0.3, 0.4) is 0 Å². The zero-order valence-corrected chi connectivity index (χ0v) is 9.48. The van der Waals surface area contributed by atoms with Gasteiger partial charge in [-0.3, -0.25) is 0 Å². The monoisotopic (exact) mass is 207 g/mol. The summed E-state index contributed by atoms with van der Waals surface area (Å²) in [5.74, 6) is 0.652. The van der Waals surface area contributed by atoms with Gasteiger partial charge < -0.3 is 0 Å². The summed E-state index contributed by atoms with van der Waals surface area (Å²) >= 11 is 4.51. The van der Waals surface area contributed by atoms with Crippen molar-refractivity contribution in [1.29, 1.82) is 0 Å². The molecule has 11 heavy (non-hydrogen) atoms. The molecule has 0 spiro atoms. The number of rotatable bonds is 5. The maximum Gasteiger partial charge on any atom is 0.0622 e. The van der Waals surface area contributed by atoms with E-state index in [0.29, 0.717) is 11.2 Å². The first kappa shape index (κ1) is 11.5. The highest BCUT2D eigenvalue weighted by Gasteiger charge is 2.12. The fourth-order valence-electron chi connectivity index (χ4n) is 0.603. The maximum absolute atomic E-state index is 4.51. The first-order valence-electron chi connectivity index (χ1n) is 3.45. The van der Waals surface area contributed by atoms with Gasteiger partial charge in [-0.2, -0.15) is 0 Å². The predicted molar refractivity (Wildman–Crippen MR) is 59.6 cm³/mol. The topological polar surface area (TPSA) is 12.4 Å². The van der Waals surface area contributed by atoms with E-state index in [1.54, 1.807) is 10.8 Å². The molecule has 0 aromatic heterocycles. The third kappa shape index (κ3) is 5.74. The maximum atomic E-state index is 4.51. The highest BCUT2D eigenvalue weighted by molar-refractivity contribution is 8.76. The largest absolute Gasteiger partial charge is 0.231 e. The zero-order chi connectivity index (χ0) is 8.69. The minimum Gasteiger partial charge on any atom is -0.231 e. The van der Waals surface area contributed by atoms with Gasteiger partial charge in [0.05, 0.1) is 11.7 Å². The van der Waals surface area contributed by atoms with Crippen LogP contribution in [0.1, 0.15) is 13.8 Å². The molecule has 0 bridgehead atoms. The Hall–Kier alpha value is 0.500. The van der Waals surface area contributed by atoms with E-state index in [1.807, 2.05) is 10.8 Å². The number of hydrogen-bond donors (Lipinski definition) is 0. The number of isothiocyanates is 1. The van der Waals surface area contributed by atoms with Crippen molar-refractivity contribution in [2.24, 2.45) is 10.9 Å². The van der Waals surface area contributed by atoms with Gasteiger partial charge in [-0.25, -0.2) is 4.99 Å². The van der Waals surface area contributed by atoms with Crippen LogP contribution in [-0.4, -0.2) is 23.2 Å². The lowest BCUT2D eigenvalue weighted by Crippen LogP contribution is -2.13. The quantitative estimate of drug-likeness (QED) is 0.390. The van der Waals surface area contributed by atoms with Gasteiger partial charge >= 0.3 is 0 Å². The van der Waals surface area contributed by atoms with Crippen molar-refractivity contribution in [2.75, 3.05) is 12.8 Å². The van der Waals surface area contributed by atoms with Gasteiger partial charge in [-0.15, -0.1) is 0 Å². The van der Waals surface area contributed by atoms with Gasteiger partial charge in [0.25, 0.3) is 0 Å². The summed E-state index contributed by atoms with van der Waals surface area (Å²) in [6.07, 6.45) is 2.08. The van der Waals surface area contributed by atoms with Crippen LogP contribution >= 0.6 is 33.8 Å². The van der Waals surface area contributed by atoms with Crippen LogP contribution in [0.25, 0.3) is 0 Å². The Morgan fingerprint density at radius 2 is 2.18 bits per heavy atom. The van der Waals surface area contributed by atoms with Crippen LogP contribution in [-0.2, 0) is 0 Å². The third-order valence-electron chi connectivity index (χ3n) is 1.30. The van der Waals surface area contributed by atoms with Gasteiger partial charge in [0.15, 0.2) is 0 Å². The van der Waals surface area contributed by atoms with Crippen LogP contribution in [0.15, 0.2) is 4.99 Å². The van der Waals surface area contributed by atoms with Gasteiger partial charge in [0.1, 0.15) is 0 Å². The molecule has 0 aromatic rings. The average Bonchev–Trinajstić information content (AvgIpc) is 1.97. The molecule has 0 radical (unpaired) electrons. The molecule has 0 N–H and O–H groups in total. The number of thiocarbonyl (C=S) groups is 1. The molecule has 0 rings (SSSR count). The predicted octanol–water partition coefficient (Wildman–Crippen LogP) is 3.13. The number of nitrogens with zero attached hydrogens (tertiary/aromatic N) is 1. The van der Waals surface area contributed by atoms with Crippen LogP contribution in [0.5, 0.6) is 0 Å². The molecule has 0 aliphatic rings. The van der Waals surface area contributed by atoms with Crippen molar-refractivity contribution in [3.8, 4) is 0 Å². The lowest BCUT2D eigenvalue weighted by atomic mass is 10.1. The Bertz CT molecular complexity index is 141. The molecule has 4 heteroatoms. The molecule has 1 nitrogen and oxygen atoms in total. The molecule has 0 aromatic carbocycles. The Morgan fingerprint density at radius 3 is 2.55 bits per heavy atom. The molecule has 0 saturated carbocycles. The summed E-state index contributed by atoms with van der Waals surface area (Å²) < 4.78 is 0. The lowest BCUT2D eigenvalue weighted by molar-refractivity contribution is 0.617. The van der Waals surface area contributed by atoms with Crippen molar-refractivity contribution in [2.45, 2.75) is 19.1 Å². The minimum atomic E-state index is 0.570. The van der Waals surface area contributed by atoms with Crippen LogP contribution in [0.2, 0.25) is 0 Å². The molecule has 0 aliphatic heterocycles. The van der Waals surface area contributed by atoms with Crippen molar-refractivity contribution in [3.05, 3.63) is 0 Å². The molecular weight excluding hydrogens is 194 g/mol.